The van der Waals surface area contributed by atoms with Crippen LogP contribution in [0.5, 0.6) is 0 Å². The predicted octanol–water partition coefficient (Wildman–Crippen LogP) is 2.83. The van der Waals surface area contributed by atoms with Crippen molar-refractivity contribution in [2.45, 2.75) is 0 Å². The minimum atomic E-state index is -1.25. The summed E-state index contributed by atoms with van der Waals surface area (Å²) in [5.74, 6) is -2.52. The molecule has 0 spiro atoms. The fourth-order valence-corrected chi connectivity index (χ4v) is 2.33. The van der Waals surface area contributed by atoms with Crippen LogP contribution in [0, 0.1) is 11.6 Å². The maximum atomic E-state index is 13.6. The van der Waals surface area contributed by atoms with E-state index in [0.717, 1.165) is 18.2 Å². The number of aryl methyl sites for hydroxylation is 1. The van der Waals surface area contributed by atoms with E-state index in [1.54, 1.807) is 0 Å². The second kappa shape index (κ2) is 4.49. The first-order chi connectivity index (χ1) is 8.41. The Hall–Kier alpha value is -1.76. The van der Waals surface area contributed by atoms with Crippen molar-refractivity contribution in [1.82, 2.24) is 9.78 Å². The number of nitrogens with zero attached hydrogens (tertiary/aromatic N) is 2. The highest BCUT2D eigenvalue weighted by Crippen LogP contribution is 2.32. The van der Waals surface area contributed by atoms with Crippen molar-refractivity contribution >= 4 is 21.9 Å². The number of carboxylic acid groups (broad SMARTS) is 1. The summed E-state index contributed by atoms with van der Waals surface area (Å²) in [5.41, 5.74) is -0.134. The largest absolute Gasteiger partial charge is 0.476 e. The predicted molar refractivity (Wildman–Crippen MR) is 63.2 cm³/mol. The zero-order valence-corrected chi connectivity index (χ0v) is 10.7. The monoisotopic (exact) mass is 316 g/mol. The molecule has 2 rings (SSSR count). The number of aromatic carboxylic acids is 1. The topological polar surface area (TPSA) is 55.1 Å². The Morgan fingerprint density at radius 1 is 1.44 bits per heavy atom. The molecule has 1 aromatic carbocycles. The van der Waals surface area contributed by atoms with Crippen LogP contribution in [-0.2, 0) is 7.05 Å². The Kier molecular flexibility index (Phi) is 3.16. The lowest BCUT2D eigenvalue weighted by molar-refractivity contribution is 0.0688. The van der Waals surface area contributed by atoms with E-state index in [4.69, 9.17) is 5.11 Å². The van der Waals surface area contributed by atoms with Gasteiger partial charge in [-0.1, -0.05) is 0 Å². The molecular weight excluding hydrogens is 310 g/mol. The van der Waals surface area contributed by atoms with Crippen LogP contribution in [0.3, 0.4) is 0 Å². The van der Waals surface area contributed by atoms with E-state index in [1.807, 2.05) is 0 Å². The van der Waals surface area contributed by atoms with Crippen LogP contribution in [0.15, 0.2) is 22.7 Å². The molecule has 0 aliphatic carbocycles. The first-order valence-corrected chi connectivity index (χ1v) is 5.62. The summed E-state index contributed by atoms with van der Waals surface area (Å²) in [5, 5.41) is 12.6. The van der Waals surface area contributed by atoms with E-state index in [-0.39, 0.29) is 21.4 Å². The van der Waals surface area contributed by atoms with Crippen LogP contribution in [-0.4, -0.2) is 20.9 Å². The molecule has 0 amide bonds. The molecule has 94 valence electrons. The van der Waals surface area contributed by atoms with Gasteiger partial charge in [-0.05, 0) is 34.1 Å². The lowest BCUT2D eigenvalue weighted by atomic mass is 10.1. The van der Waals surface area contributed by atoms with Crippen molar-refractivity contribution in [3.05, 3.63) is 40.0 Å². The molecule has 7 heteroatoms. The molecule has 4 nitrogen and oxygen atoms in total. The van der Waals surface area contributed by atoms with Gasteiger partial charge in [0.05, 0.1) is 10.2 Å². The smallest absolute Gasteiger partial charge is 0.357 e. The van der Waals surface area contributed by atoms with Gasteiger partial charge in [-0.2, -0.15) is 5.10 Å². The molecule has 2 aromatic rings. The van der Waals surface area contributed by atoms with E-state index >= 15 is 0 Å². The Morgan fingerprint density at radius 3 is 2.67 bits per heavy atom. The number of carbonyl (C=O) groups is 1. The summed E-state index contributed by atoms with van der Waals surface area (Å²) in [7, 11) is 1.46. The average molecular weight is 317 g/mol. The standard InChI is InChI=1S/C11H7BrF2N2O2/c1-16-10(8(12)9(15-16)11(17)18)6-4-5(13)2-3-7(6)14/h2-4H,1H3,(H,17,18). The molecule has 1 heterocycles. The number of halogens is 3. The number of benzene rings is 1. The summed E-state index contributed by atoms with van der Waals surface area (Å²) in [6.45, 7) is 0. The van der Waals surface area contributed by atoms with Gasteiger partial charge in [0.2, 0.25) is 0 Å². The highest BCUT2D eigenvalue weighted by Gasteiger charge is 2.22. The number of carboxylic acids is 1. The molecule has 0 aliphatic heterocycles. The molecular formula is C11H7BrF2N2O2. The van der Waals surface area contributed by atoms with Crippen LogP contribution in [0.25, 0.3) is 11.3 Å². The molecule has 1 aromatic heterocycles. The summed E-state index contributed by atoms with van der Waals surface area (Å²) >= 11 is 3.04. The van der Waals surface area contributed by atoms with Gasteiger partial charge in [-0.25, -0.2) is 13.6 Å². The number of rotatable bonds is 2. The minimum Gasteiger partial charge on any atom is -0.476 e. The first-order valence-electron chi connectivity index (χ1n) is 4.83. The highest BCUT2D eigenvalue weighted by molar-refractivity contribution is 9.10. The first kappa shape index (κ1) is 12.7. The highest BCUT2D eigenvalue weighted by atomic mass is 79.9. The van der Waals surface area contributed by atoms with Gasteiger partial charge in [-0.15, -0.1) is 0 Å². The van der Waals surface area contributed by atoms with Crippen LogP contribution in [0.4, 0.5) is 8.78 Å². The normalized spacial score (nSPS) is 10.7. The number of hydrogen-bond acceptors (Lipinski definition) is 2. The molecule has 0 unspecified atom stereocenters. The summed E-state index contributed by atoms with van der Waals surface area (Å²) < 4.78 is 28.1. The Balaban J connectivity index is 2.71. The minimum absolute atomic E-state index is 0.0515. The SMILES string of the molecule is Cn1nc(C(=O)O)c(Br)c1-c1cc(F)ccc1F. The van der Waals surface area contributed by atoms with Gasteiger partial charge < -0.3 is 5.11 Å². The van der Waals surface area contributed by atoms with Crippen molar-refractivity contribution < 1.29 is 18.7 Å². The van der Waals surface area contributed by atoms with Gasteiger partial charge >= 0.3 is 5.97 Å². The van der Waals surface area contributed by atoms with Crippen molar-refractivity contribution in [2.75, 3.05) is 0 Å². The zero-order chi connectivity index (χ0) is 13.4. The zero-order valence-electron chi connectivity index (χ0n) is 9.12. The molecule has 0 fully saturated rings. The van der Waals surface area contributed by atoms with Gasteiger partial charge in [0.25, 0.3) is 0 Å². The van der Waals surface area contributed by atoms with Gasteiger partial charge in [0.15, 0.2) is 5.69 Å². The molecule has 0 aliphatic rings. The Bertz CT molecular complexity index is 640. The lowest BCUT2D eigenvalue weighted by Crippen LogP contribution is -1.99. The molecule has 0 atom stereocenters. The van der Waals surface area contributed by atoms with Crippen molar-refractivity contribution in [3.8, 4) is 11.3 Å². The maximum Gasteiger partial charge on any atom is 0.357 e. The summed E-state index contributed by atoms with van der Waals surface area (Å²) in [6, 6.07) is 2.95. The van der Waals surface area contributed by atoms with Crippen LogP contribution in [0.1, 0.15) is 10.5 Å². The average Bonchev–Trinajstić information content (AvgIpc) is 2.58. The third kappa shape index (κ3) is 2.01. The second-order valence-corrected chi connectivity index (χ2v) is 4.36. The maximum absolute atomic E-state index is 13.6. The van der Waals surface area contributed by atoms with Gasteiger partial charge in [0, 0.05) is 12.6 Å². The molecule has 0 saturated carbocycles. The third-order valence-electron chi connectivity index (χ3n) is 2.38. The molecule has 0 bridgehead atoms. The van der Waals surface area contributed by atoms with Crippen LogP contribution >= 0.6 is 15.9 Å². The number of aromatic nitrogens is 2. The van der Waals surface area contributed by atoms with Crippen LogP contribution < -0.4 is 0 Å². The van der Waals surface area contributed by atoms with E-state index in [2.05, 4.69) is 21.0 Å². The van der Waals surface area contributed by atoms with Gasteiger partial charge in [0.1, 0.15) is 11.6 Å². The lowest BCUT2D eigenvalue weighted by Gasteiger charge is -2.04. The van der Waals surface area contributed by atoms with Crippen molar-refractivity contribution in [1.29, 1.82) is 0 Å². The van der Waals surface area contributed by atoms with E-state index < -0.39 is 17.6 Å². The Labute approximate surface area is 109 Å². The quantitative estimate of drug-likeness (QED) is 0.927. The summed E-state index contributed by atoms with van der Waals surface area (Å²) in [6.07, 6.45) is 0. The second-order valence-electron chi connectivity index (χ2n) is 3.56. The van der Waals surface area contributed by atoms with E-state index in [1.165, 1.54) is 11.7 Å². The number of hydrogen-bond donors (Lipinski definition) is 1. The third-order valence-corrected chi connectivity index (χ3v) is 3.13. The van der Waals surface area contributed by atoms with E-state index in [0.29, 0.717) is 0 Å². The molecule has 0 saturated heterocycles. The van der Waals surface area contributed by atoms with Gasteiger partial charge in [-0.3, -0.25) is 4.68 Å². The van der Waals surface area contributed by atoms with Crippen molar-refractivity contribution in [2.24, 2.45) is 7.05 Å². The summed E-state index contributed by atoms with van der Waals surface area (Å²) in [4.78, 5) is 10.9. The molecule has 18 heavy (non-hydrogen) atoms. The molecule has 0 radical (unpaired) electrons. The van der Waals surface area contributed by atoms with Crippen LogP contribution in [0.2, 0.25) is 0 Å². The fraction of sp³-hybridized carbons (Fsp3) is 0.0909. The van der Waals surface area contributed by atoms with Crippen molar-refractivity contribution in [3.63, 3.8) is 0 Å². The fourth-order valence-electron chi connectivity index (χ4n) is 1.61. The Morgan fingerprint density at radius 2 is 2.11 bits per heavy atom. The van der Waals surface area contributed by atoms with E-state index in [9.17, 15) is 13.6 Å². The molecule has 1 N–H and O–H groups in total.